The Balaban J connectivity index is 1.42. The van der Waals surface area contributed by atoms with Crippen molar-refractivity contribution < 1.29 is 23.9 Å². The van der Waals surface area contributed by atoms with Gasteiger partial charge in [-0.25, -0.2) is 14.4 Å². The van der Waals surface area contributed by atoms with E-state index in [0.29, 0.717) is 11.1 Å². The van der Waals surface area contributed by atoms with Crippen molar-refractivity contribution in [3.63, 3.8) is 0 Å². The van der Waals surface area contributed by atoms with Crippen LogP contribution in [-0.4, -0.2) is 32.2 Å². The van der Waals surface area contributed by atoms with Crippen molar-refractivity contribution in [2.75, 3.05) is 14.2 Å². The van der Waals surface area contributed by atoms with Gasteiger partial charge in [-0.15, -0.1) is 0 Å². The highest BCUT2D eigenvalue weighted by Crippen LogP contribution is 2.47. The number of carbonyl (C=O) groups is 3. The number of benzene rings is 2. The molecule has 0 saturated heterocycles. The molecule has 30 heavy (non-hydrogen) atoms. The molecule has 2 aliphatic rings. The summed E-state index contributed by atoms with van der Waals surface area (Å²) >= 11 is 0. The average molecular weight is 408 g/mol. The lowest BCUT2D eigenvalue weighted by Crippen LogP contribution is -2.46. The van der Waals surface area contributed by atoms with Crippen LogP contribution < -0.4 is 10.6 Å². The van der Waals surface area contributed by atoms with Gasteiger partial charge in [0.25, 0.3) is 0 Å². The maximum Gasteiger partial charge on any atom is 0.337 e. The monoisotopic (exact) mass is 408 g/mol. The Morgan fingerprint density at radius 3 is 1.27 bits per heavy atom. The fraction of sp³-hybridized carbons (Fsp3) is 0.348. The second kappa shape index (κ2) is 7.48. The van der Waals surface area contributed by atoms with Gasteiger partial charge in [0.1, 0.15) is 0 Å². The minimum Gasteiger partial charge on any atom is -0.465 e. The molecule has 0 heterocycles. The van der Waals surface area contributed by atoms with Crippen LogP contribution >= 0.6 is 0 Å². The van der Waals surface area contributed by atoms with Crippen LogP contribution in [0.4, 0.5) is 4.79 Å². The van der Waals surface area contributed by atoms with E-state index < -0.39 is 11.1 Å². The van der Waals surface area contributed by atoms with Crippen molar-refractivity contribution in [1.82, 2.24) is 10.6 Å². The molecule has 0 bridgehead atoms. The highest BCUT2D eigenvalue weighted by atomic mass is 16.5. The van der Waals surface area contributed by atoms with Gasteiger partial charge in [-0.3, -0.25) is 0 Å². The predicted octanol–water partition coefficient (Wildman–Crippen LogP) is 3.24. The summed E-state index contributed by atoms with van der Waals surface area (Å²) in [6.45, 7) is 0. The van der Waals surface area contributed by atoms with Crippen molar-refractivity contribution in [3.8, 4) is 0 Å². The molecule has 2 fully saturated rings. The number of esters is 2. The lowest BCUT2D eigenvalue weighted by atomic mass is 10.0. The zero-order valence-corrected chi connectivity index (χ0v) is 17.0. The lowest BCUT2D eigenvalue weighted by Gasteiger charge is -2.23. The molecule has 2 saturated carbocycles. The second-order valence-electron chi connectivity index (χ2n) is 7.88. The van der Waals surface area contributed by atoms with Crippen molar-refractivity contribution in [1.29, 1.82) is 0 Å². The van der Waals surface area contributed by atoms with Crippen LogP contribution in [0.5, 0.6) is 0 Å². The smallest absolute Gasteiger partial charge is 0.337 e. The molecule has 0 atom stereocenters. The third-order valence-corrected chi connectivity index (χ3v) is 5.92. The molecule has 2 aromatic rings. The largest absolute Gasteiger partial charge is 0.465 e. The number of carbonyl (C=O) groups excluding carboxylic acids is 3. The number of nitrogens with one attached hydrogen (secondary N) is 2. The van der Waals surface area contributed by atoms with Gasteiger partial charge in [-0.2, -0.15) is 0 Å². The Morgan fingerprint density at radius 1 is 0.667 bits per heavy atom. The third-order valence-electron chi connectivity index (χ3n) is 5.92. The Bertz CT molecular complexity index is 894. The molecular weight excluding hydrogens is 384 g/mol. The first-order chi connectivity index (χ1) is 14.4. The van der Waals surface area contributed by atoms with Gasteiger partial charge in [0.15, 0.2) is 0 Å². The van der Waals surface area contributed by atoms with Gasteiger partial charge >= 0.3 is 18.0 Å². The molecule has 2 aromatic carbocycles. The van der Waals surface area contributed by atoms with Crippen LogP contribution in [0.2, 0.25) is 0 Å². The third kappa shape index (κ3) is 3.75. The molecule has 4 rings (SSSR count). The number of urea groups is 1. The molecule has 156 valence electrons. The summed E-state index contributed by atoms with van der Waals surface area (Å²) in [5, 5.41) is 6.22. The maximum atomic E-state index is 12.8. The summed E-state index contributed by atoms with van der Waals surface area (Å²) in [6, 6.07) is 14.1. The van der Waals surface area contributed by atoms with Crippen molar-refractivity contribution in [2.45, 2.75) is 36.8 Å². The lowest BCUT2D eigenvalue weighted by molar-refractivity contribution is 0.0592. The van der Waals surface area contributed by atoms with E-state index in [4.69, 9.17) is 9.47 Å². The van der Waals surface area contributed by atoms with Crippen LogP contribution in [0.1, 0.15) is 57.5 Å². The number of ether oxygens (including phenoxy) is 2. The average Bonchev–Trinajstić information content (AvgIpc) is 3.71. The summed E-state index contributed by atoms with van der Waals surface area (Å²) in [4.78, 5) is 36.0. The molecule has 0 aliphatic heterocycles. The highest BCUT2D eigenvalue weighted by Gasteiger charge is 2.49. The normalized spacial score (nSPS) is 17.4. The zero-order valence-electron chi connectivity index (χ0n) is 17.0. The number of hydrogen-bond donors (Lipinski definition) is 2. The predicted molar refractivity (Wildman–Crippen MR) is 109 cm³/mol. The summed E-state index contributed by atoms with van der Waals surface area (Å²) in [6.07, 6.45) is 3.38. The van der Waals surface area contributed by atoms with Crippen LogP contribution in [0.3, 0.4) is 0 Å². The van der Waals surface area contributed by atoms with Crippen LogP contribution in [0.25, 0.3) is 0 Å². The number of rotatable bonds is 6. The maximum absolute atomic E-state index is 12.8. The van der Waals surface area contributed by atoms with Gasteiger partial charge in [-0.05, 0) is 61.1 Å². The standard InChI is InChI=1S/C23H24N2O5/c1-29-19(26)15-3-7-17(8-4-15)22(11-12-22)24-21(28)25-23(13-14-23)18-9-5-16(6-10-18)20(27)30-2/h3-10H,11-14H2,1-2H3,(H2,24,25,28). The fourth-order valence-electron chi connectivity index (χ4n) is 3.77. The first kappa shape index (κ1) is 19.9. The van der Waals surface area contributed by atoms with E-state index in [0.717, 1.165) is 36.8 Å². The Hall–Kier alpha value is -3.35. The molecule has 0 unspecified atom stereocenters. The summed E-state index contributed by atoms with van der Waals surface area (Å²) in [7, 11) is 2.70. The van der Waals surface area contributed by atoms with Crippen LogP contribution in [0, 0.1) is 0 Å². The first-order valence-corrected chi connectivity index (χ1v) is 9.89. The minimum atomic E-state index is -0.399. The van der Waals surface area contributed by atoms with E-state index in [1.807, 2.05) is 24.3 Å². The van der Waals surface area contributed by atoms with Gasteiger partial charge in [0, 0.05) is 0 Å². The van der Waals surface area contributed by atoms with Crippen molar-refractivity contribution in [3.05, 3.63) is 70.8 Å². The Kier molecular flexibility index (Phi) is 4.97. The van der Waals surface area contributed by atoms with Gasteiger partial charge in [-0.1, -0.05) is 24.3 Å². The molecule has 7 heteroatoms. The first-order valence-electron chi connectivity index (χ1n) is 9.89. The van der Waals surface area contributed by atoms with Crippen LogP contribution in [0.15, 0.2) is 48.5 Å². The number of hydrogen-bond acceptors (Lipinski definition) is 5. The van der Waals surface area contributed by atoms with E-state index in [1.165, 1.54) is 14.2 Å². The fourth-order valence-corrected chi connectivity index (χ4v) is 3.77. The zero-order chi connectivity index (χ0) is 21.4. The summed E-state index contributed by atoms with van der Waals surface area (Å²) in [5.74, 6) is -0.767. The van der Waals surface area contributed by atoms with Crippen LogP contribution in [-0.2, 0) is 20.6 Å². The number of amides is 2. The topological polar surface area (TPSA) is 93.7 Å². The SMILES string of the molecule is COC(=O)c1ccc(C2(NC(=O)NC3(c4ccc(C(=O)OC)cc4)CC3)CC2)cc1. The molecular formula is C23H24N2O5. The molecule has 0 aromatic heterocycles. The van der Waals surface area contributed by atoms with Crippen molar-refractivity contribution in [2.24, 2.45) is 0 Å². The molecule has 2 N–H and O–H groups in total. The van der Waals surface area contributed by atoms with Gasteiger partial charge in [0.05, 0.1) is 36.4 Å². The molecule has 7 nitrogen and oxygen atoms in total. The molecule has 2 amide bonds. The molecule has 0 spiro atoms. The van der Waals surface area contributed by atoms with Gasteiger partial charge in [0.2, 0.25) is 0 Å². The van der Waals surface area contributed by atoms with E-state index in [1.54, 1.807) is 24.3 Å². The van der Waals surface area contributed by atoms with E-state index in [9.17, 15) is 14.4 Å². The second-order valence-corrected chi connectivity index (χ2v) is 7.88. The summed E-state index contributed by atoms with van der Waals surface area (Å²) < 4.78 is 9.46. The van der Waals surface area contributed by atoms with Crippen molar-refractivity contribution >= 4 is 18.0 Å². The van der Waals surface area contributed by atoms with E-state index >= 15 is 0 Å². The van der Waals surface area contributed by atoms with E-state index in [2.05, 4.69) is 10.6 Å². The quantitative estimate of drug-likeness (QED) is 0.716. The number of methoxy groups -OCH3 is 2. The minimum absolute atomic E-state index is 0.223. The molecule has 2 aliphatic carbocycles. The van der Waals surface area contributed by atoms with E-state index in [-0.39, 0.29) is 18.0 Å². The van der Waals surface area contributed by atoms with Gasteiger partial charge < -0.3 is 20.1 Å². The summed E-state index contributed by atoms with van der Waals surface area (Å²) in [5.41, 5.74) is 2.10. The Morgan fingerprint density at radius 2 is 1.00 bits per heavy atom. The molecule has 0 radical (unpaired) electrons. The highest BCUT2D eigenvalue weighted by molar-refractivity contribution is 5.90. The Labute approximate surface area is 174 Å².